The van der Waals surface area contributed by atoms with Crippen LogP contribution in [0.15, 0.2) is 30.5 Å². The maximum atomic E-state index is 12.1. The van der Waals surface area contributed by atoms with Gasteiger partial charge in [0.2, 0.25) is 0 Å². The smallest absolute Gasteiger partial charge is 0.273 e. The molecule has 1 aromatic heterocycles. The number of nitrogens with zero attached hydrogens (tertiary/aromatic N) is 3. The quantitative estimate of drug-likeness (QED) is 0.761. The molecule has 0 fully saturated rings. The van der Waals surface area contributed by atoms with Crippen molar-refractivity contribution in [3.8, 4) is 5.69 Å². The molecule has 0 saturated carbocycles. The van der Waals surface area contributed by atoms with Gasteiger partial charge in [-0.1, -0.05) is 42.8 Å². The molecule has 1 aromatic carbocycles. The molecule has 0 aliphatic heterocycles. The minimum atomic E-state index is -0.273. The van der Waals surface area contributed by atoms with E-state index in [0.717, 1.165) is 12.8 Å². The van der Waals surface area contributed by atoms with Gasteiger partial charge < -0.3 is 10.4 Å². The molecule has 0 radical (unpaired) electrons. The van der Waals surface area contributed by atoms with Crippen LogP contribution < -0.4 is 5.32 Å². The van der Waals surface area contributed by atoms with E-state index in [4.69, 9.17) is 11.6 Å². The van der Waals surface area contributed by atoms with Crippen LogP contribution in [0.4, 0.5) is 0 Å². The first-order valence-corrected chi connectivity index (χ1v) is 7.87. The molecule has 7 heteroatoms. The highest BCUT2D eigenvalue weighted by Crippen LogP contribution is 2.20. The van der Waals surface area contributed by atoms with E-state index in [2.05, 4.69) is 15.6 Å². The SMILES string of the molecule is CC(C)(CO)CCCNC(=O)c1cn(-c2ccccc2Cl)nn1. The predicted octanol–water partition coefficient (Wildman–Crippen LogP) is 2.45. The van der Waals surface area contributed by atoms with E-state index in [1.807, 2.05) is 26.0 Å². The third kappa shape index (κ3) is 4.77. The van der Waals surface area contributed by atoms with Crippen molar-refractivity contribution in [1.29, 1.82) is 0 Å². The number of aromatic nitrogens is 3. The van der Waals surface area contributed by atoms with Gasteiger partial charge in [-0.3, -0.25) is 4.79 Å². The third-order valence-electron chi connectivity index (χ3n) is 3.57. The number of carbonyl (C=O) groups is 1. The number of rotatable bonds is 7. The van der Waals surface area contributed by atoms with Crippen LogP contribution in [0.2, 0.25) is 5.02 Å². The Balaban J connectivity index is 1.91. The minimum absolute atomic E-state index is 0.127. The van der Waals surface area contributed by atoms with Crippen LogP contribution in [0, 0.1) is 5.41 Å². The standard InChI is InChI=1S/C16H21ClN4O2/c1-16(2,11-22)8-5-9-18-15(23)13-10-21(20-19-13)14-7-4-3-6-12(14)17/h3-4,6-7,10,22H,5,8-9,11H2,1-2H3,(H,18,23). The number of hydrogen-bond acceptors (Lipinski definition) is 4. The van der Waals surface area contributed by atoms with Crippen molar-refractivity contribution in [3.63, 3.8) is 0 Å². The van der Waals surface area contributed by atoms with Crippen molar-refractivity contribution in [3.05, 3.63) is 41.2 Å². The Labute approximate surface area is 140 Å². The number of amides is 1. The lowest BCUT2D eigenvalue weighted by Gasteiger charge is -2.21. The van der Waals surface area contributed by atoms with Gasteiger partial charge in [0, 0.05) is 13.2 Å². The molecule has 0 aliphatic carbocycles. The van der Waals surface area contributed by atoms with Gasteiger partial charge in [0.1, 0.15) is 0 Å². The van der Waals surface area contributed by atoms with Crippen molar-refractivity contribution in [2.75, 3.05) is 13.2 Å². The number of para-hydroxylation sites is 1. The summed E-state index contributed by atoms with van der Waals surface area (Å²) in [6.07, 6.45) is 3.17. The van der Waals surface area contributed by atoms with E-state index < -0.39 is 0 Å². The lowest BCUT2D eigenvalue weighted by Crippen LogP contribution is -2.26. The van der Waals surface area contributed by atoms with Gasteiger partial charge in [0.25, 0.3) is 5.91 Å². The minimum Gasteiger partial charge on any atom is -0.396 e. The summed E-state index contributed by atoms with van der Waals surface area (Å²) in [5, 5.41) is 20.4. The first-order valence-electron chi connectivity index (χ1n) is 7.49. The fourth-order valence-electron chi connectivity index (χ4n) is 2.06. The van der Waals surface area contributed by atoms with Crippen LogP contribution in [-0.2, 0) is 0 Å². The summed E-state index contributed by atoms with van der Waals surface area (Å²) >= 11 is 6.10. The van der Waals surface area contributed by atoms with Gasteiger partial charge in [0.15, 0.2) is 5.69 Å². The zero-order valence-corrected chi connectivity index (χ0v) is 14.0. The molecule has 124 valence electrons. The van der Waals surface area contributed by atoms with Crippen molar-refractivity contribution in [2.45, 2.75) is 26.7 Å². The van der Waals surface area contributed by atoms with Crippen LogP contribution in [-0.4, -0.2) is 39.2 Å². The van der Waals surface area contributed by atoms with Crippen LogP contribution in [0.3, 0.4) is 0 Å². The fraction of sp³-hybridized carbons (Fsp3) is 0.438. The highest BCUT2D eigenvalue weighted by Gasteiger charge is 2.16. The van der Waals surface area contributed by atoms with Gasteiger partial charge in [0.05, 0.1) is 16.9 Å². The average molecular weight is 337 g/mol. The lowest BCUT2D eigenvalue weighted by atomic mass is 9.89. The zero-order chi connectivity index (χ0) is 16.9. The number of benzene rings is 1. The second-order valence-corrected chi connectivity index (χ2v) is 6.59. The summed E-state index contributed by atoms with van der Waals surface area (Å²) in [7, 11) is 0. The van der Waals surface area contributed by atoms with Crippen molar-refractivity contribution >= 4 is 17.5 Å². The van der Waals surface area contributed by atoms with Gasteiger partial charge in [-0.15, -0.1) is 5.10 Å². The van der Waals surface area contributed by atoms with Crippen LogP contribution >= 0.6 is 11.6 Å². The monoisotopic (exact) mass is 336 g/mol. The molecular weight excluding hydrogens is 316 g/mol. The highest BCUT2D eigenvalue weighted by molar-refractivity contribution is 6.32. The number of hydrogen-bond donors (Lipinski definition) is 2. The van der Waals surface area contributed by atoms with E-state index in [9.17, 15) is 9.90 Å². The Morgan fingerprint density at radius 2 is 2.13 bits per heavy atom. The van der Waals surface area contributed by atoms with Gasteiger partial charge >= 0.3 is 0 Å². The number of halogens is 1. The molecule has 23 heavy (non-hydrogen) atoms. The fourth-order valence-corrected chi connectivity index (χ4v) is 2.28. The van der Waals surface area contributed by atoms with Gasteiger partial charge in [-0.2, -0.15) is 0 Å². The number of aliphatic hydroxyl groups is 1. The molecule has 0 aliphatic rings. The van der Waals surface area contributed by atoms with Crippen LogP contribution in [0.5, 0.6) is 0 Å². The first-order chi connectivity index (χ1) is 10.9. The second kappa shape index (κ2) is 7.57. The summed E-state index contributed by atoms with van der Waals surface area (Å²) in [6, 6.07) is 7.21. The van der Waals surface area contributed by atoms with Crippen LogP contribution in [0.25, 0.3) is 5.69 Å². The van der Waals surface area contributed by atoms with Crippen molar-refractivity contribution < 1.29 is 9.90 Å². The summed E-state index contributed by atoms with van der Waals surface area (Å²) in [4.78, 5) is 12.1. The third-order valence-corrected chi connectivity index (χ3v) is 3.89. The maximum Gasteiger partial charge on any atom is 0.273 e. The molecule has 2 N–H and O–H groups in total. The maximum absolute atomic E-state index is 12.1. The highest BCUT2D eigenvalue weighted by atomic mass is 35.5. The molecule has 0 unspecified atom stereocenters. The number of nitrogens with one attached hydrogen (secondary N) is 1. The Morgan fingerprint density at radius 1 is 1.39 bits per heavy atom. The first kappa shape index (κ1) is 17.4. The van der Waals surface area contributed by atoms with Crippen molar-refractivity contribution in [1.82, 2.24) is 20.3 Å². The van der Waals surface area contributed by atoms with Crippen molar-refractivity contribution in [2.24, 2.45) is 5.41 Å². The lowest BCUT2D eigenvalue weighted by molar-refractivity contribution is 0.0943. The summed E-state index contributed by atoms with van der Waals surface area (Å²) in [6.45, 7) is 4.64. The molecule has 0 bridgehead atoms. The van der Waals surface area contributed by atoms with E-state index in [0.29, 0.717) is 17.3 Å². The summed E-state index contributed by atoms with van der Waals surface area (Å²) in [5.41, 5.74) is 0.787. The molecule has 1 heterocycles. The van der Waals surface area contributed by atoms with E-state index in [-0.39, 0.29) is 23.6 Å². The number of carbonyl (C=O) groups excluding carboxylic acids is 1. The molecule has 2 aromatic rings. The number of aliphatic hydroxyl groups excluding tert-OH is 1. The topological polar surface area (TPSA) is 80.0 Å². The van der Waals surface area contributed by atoms with Crippen LogP contribution in [0.1, 0.15) is 37.2 Å². The molecule has 0 atom stereocenters. The molecule has 2 rings (SSSR count). The Morgan fingerprint density at radius 3 is 2.83 bits per heavy atom. The van der Waals surface area contributed by atoms with E-state index >= 15 is 0 Å². The molecule has 0 spiro atoms. The Bertz CT molecular complexity index is 670. The van der Waals surface area contributed by atoms with Gasteiger partial charge in [-0.25, -0.2) is 4.68 Å². The van der Waals surface area contributed by atoms with E-state index in [1.165, 1.54) is 4.68 Å². The summed E-state index contributed by atoms with van der Waals surface area (Å²) < 4.78 is 1.48. The Hall–Kier alpha value is -1.92. The largest absolute Gasteiger partial charge is 0.396 e. The average Bonchev–Trinajstić information content (AvgIpc) is 3.01. The van der Waals surface area contributed by atoms with Gasteiger partial charge in [-0.05, 0) is 30.4 Å². The Kier molecular flexibility index (Phi) is 5.74. The van der Waals surface area contributed by atoms with E-state index in [1.54, 1.807) is 18.3 Å². The molecule has 6 nitrogen and oxygen atoms in total. The molecule has 0 saturated heterocycles. The molecule has 1 amide bonds. The summed E-state index contributed by atoms with van der Waals surface area (Å²) in [5.74, 6) is -0.273. The second-order valence-electron chi connectivity index (χ2n) is 6.18. The molecular formula is C16H21ClN4O2. The predicted molar refractivity (Wildman–Crippen MR) is 88.8 cm³/mol. The normalized spacial score (nSPS) is 11.5. The zero-order valence-electron chi connectivity index (χ0n) is 13.3.